The van der Waals surface area contributed by atoms with E-state index in [0.717, 1.165) is 0 Å². The Morgan fingerprint density at radius 2 is 1.42 bits per heavy atom. The van der Waals surface area contributed by atoms with Crippen LogP contribution in [0, 0.1) is 0 Å². The number of ether oxygens (including phenoxy) is 2. The third kappa shape index (κ3) is 3.09. The molecule has 1 N–H and O–H groups in total. The largest absolute Gasteiger partial charge is 0.508 e. The predicted molar refractivity (Wildman–Crippen MR) is 105 cm³/mol. The second-order valence-electron chi connectivity index (χ2n) is 6.28. The quantitative estimate of drug-likeness (QED) is 0.491. The monoisotopic (exact) mass is 344 g/mol. The van der Waals surface area contributed by atoms with E-state index in [9.17, 15) is 5.11 Å². The van der Waals surface area contributed by atoms with Crippen molar-refractivity contribution in [3.63, 3.8) is 0 Å². The van der Waals surface area contributed by atoms with Gasteiger partial charge in [-0.1, -0.05) is 48.5 Å². The molecule has 130 valence electrons. The summed E-state index contributed by atoms with van der Waals surface area (Å²) in [5.74, 6) is 0.922. The van der Waals surface area contributed by atoms with Crippen molar-refractivity contribution >= 4 is 21.5 Å². The molecular formula is C23H20O3. The lowest BCUT2D eigenvalue weighted by molar-refractivity contribution is 0.107. The van der Waals surface area contributed by atoms with Crippen LogP contribution in [0.15, 0.2) is 72.8 Å². The summed E-state index contributed by atoms with van der Waals surface area (Å²) in [4.78, 5) is 0. The Bertz CT molecular complexity index is 1020. The van der Waals surface area contributed by atoms with Crippen molar-refractivity contribution in [2.75, 3.05) is 7.11 Å². The molecule has 26 heavy (non-hydrogen) atoms. The van der Waals surface area contributed by atoms with Crippen molar-refractivity contribution in [2.45, 2.75) is 13.2 Å². The fourth-order valence-electron chi connectivity index (χ4n) is 3.33. The van der Waals surface area contributed by atoms with Gasteiger partial charge in [0.1, 0.15) is 11.5 Å². The Labute approximate surface area is 152 Å². The van der Waals surface area contributed by atoms with Crippen LogP contribution in [0.5, 0.6) is 11.5 Å². The summed E-state index contributed by atoms with van der Waals surface area (Å²) in [6.07, 6.45) is 0. The first-order valence-electron chi connectivity index (χ1n) is 8.59. The summed E-state index contributed by atoms with van der Waals surface area (Å²) in [5.41, 5.74) is 1.88. The molecule has 0 saturated heterocycles. The van der Waals surface area contributed by atoms with Gasteiger partial charge in [0.2, 0.25) is 0 Å². The van der Waals surface area contributed by atoms with E-state index in [1.165, 1.54) is 27.1 Å². The van der Waals surface area contributed by atoms with Crippen molar-refractivity contribution in [3.8, 4) is 11.5 Å². The Balaban J connectivity index is 1.66. The molecule has 3 nitrogen and oxygen atoms in total. The van der Waals surface area contributed by atoms with Crippen LogP contribution in [-0.4, -0.2) is 12.2 Å². The topological polar surface area (TPSA) is 38.7 Å². The molecule has 0 atom stereocenters. The Morgan fingerprint density at radius 3 is 2.08 bits per heavy atom. The number of methoxy groups -OCH3 is 1. The van der Waals surface area contributed by atoms with Crippen molar-refractivity contribution in [1.29, 1.82) is 0 Å². The van der Waals surface area contributed by atoms with Crippen LogP contribution in [0.2, 0.25) is 0 Å². The van der Waals surface area contributed by atoms with Gasteiger partial charge in [0, 0.05) is 5.56 Å². The first-order valence-corrected chi connectivity index (χ1v) is 8.59. The molecule has 0 amide bonds. The van der Waals surface area contributed by atoms with Gasteiger partial charge in [0.15, 0.2) is 0 Å². The zero-order valence-electron chi connectivity index (χ0n) is 14.6. The average molecular weight is 344 g/mol. The van der Waals surface area contributed by atoms with Crippen molar-refractivity contribution in [3.05, 3.63) is 83.9 Å². The van der Waals surface area contributed by atoms with Crippen LogP contribution in [0.4, 0.5) is 0 Å². The molecule has 0 fully saturated rings. The summed E-state index contributed by atoms with van der Waals surface area (Å²) in [5, 5.41) is 14.8. The first kappa shape index (κ1) is 16.4. The average Bonchev–Trinajstić information content (AvgIpc) is 2.68. The standard InChI is InChI=1S/C23H20O3/c1-25-19-10-11-23(24)18(13-19)14-26-15-22-20-8-4-2-6-16(20)12-17-7-3-5-9-21(17)22/h2-13,24H,14-15H2,1H3. The molecular weight excluding hydrogens is 324 g/mol. The number of phenolic OH excluding ortho intramolecular Hbond substituents is 1. The van der Waals surface area contributed by atoms with Crippen LogP contribution in [0.1, 0.15) is 11.1 Å². The SMILES string of the molecule is COc1ccc(O)c(COCc2c3ccccc3cc3ccccc23)c1. The summed E-state index contributed by atoms with van der Waals surface area (Å²) in [6.45, 7) is 0.791. The van der Waals surface area contributed by atoms with Gasteiger partial charge in [-0.15, -0.1) is 0 Å². The van der Waals surface area contributed by atoms with E-state index in [-0.39, 0.29) is 5.75 Å². The second-order valence-corrected chi connectivity index (χ2v) is 6.28. The third-order valence-electron chi connectivity index (χ3n) is 4.67. The maximum Gasteiger partial charge on any atom is 0.121 e. The van der Waals surface area contributed by atoms with E-state index in [4.69, 9.17) is 9.47 Å². The molecule has 0 aliphatic rings. The van der Waals surface area contributed by atoms with Gasteiger partial charge >= 0.3 is 0 Å². The summed E-state index contributed by atoms with van der Waals surface area (Å²) in [6, 6.07) is 24.1. The van der Waals surface area contributed by atoms with Crippen LogP contribution in [0.25, 0.3) is 21.5 Å². The normalized spacial score (nSPS) is 11.1. The molecule has 0 radical (unpaired) electrons. The molecule has 4 aromatic carbocycles. The molecule has 0 aromatic heterocycles. The van der Waals surface area contributed by atoms with Crippen LogP contribution in [0.3, 0.4) is 0 Å². The molecule has 0 aliphatic heterocycles. The highest BCUT2D eigenvalue weighted by Crippen LogP contribution is 2.30. The molecule has 0 unspecified atom stereocenters. The number of hydrogen-bond acceptors (Lipinski definition) is 3. The van der Waals surface area contributed by atoms with Crippen molar-refractivity contribution in [1.82, 2.24) is 0 Å². The van der Waals surface area contributed by atoms with Crippen LogP contribution < -0.4 is 4.74 Å². The predicted octanol–water partition coefficient (Wildman–Crippen LogP) is 5.42. The number of phenols is 1. The van der Waals surface area contributed by atoms with Gasteiger partial charge in [0.05, 0.1) is 20.3 Å². The Kier molecular flexibility index (Phi) is 4.46. The summed E-state index contributed by atoms with van der Waals surface area (Å²) in [7, 11) is 1.61. The minimum atomic E-state index is 0.216. The minimum Gasteiger partial charge on any atom is -0.508 e. The van der Waals surface area contributed by atoms with Gasteiger partial charge in [-0.3, -0.25) is 0 Å². The minimum absolute atomic E-state index is 0.216. The fraction of sp³-hybridized carbons (Fsp3) is 0.130. The Hall–Kier alpha value is -3.04. The maximum atomic E-state index is 10.0. The number of hydrogen-bond donors (Lipinski definition) is 1. The molecule has 0 heterocycles. The first-order chi connectivity index (χ1) is 12.8. The molecule has 0 aliphatic carbocycles. The lowest BCUT2D eigenvalue weighted by Gasteiger charge is -2.13. The van der Waals surface area contributed by atoms with Gasteiger partial charge in [-0.25, -0.2) is 0 Å². The number of benzene rings is 4. The van der Waals surface area contributed by atoms with Crippen molar-refractivity contribution in [2.24, 2.45) is 0 Å². The zero-order valence-corrected chi connectivity index (χ0v) is 14.6. The smallest absolute Gasteiger partial charge is 0.121 e. The molecule has 3 heteroatoms. The third-order valence-corrected chi connectivity index (χ3v) is 4.67. The highest BCUT2D eigenvalue weighted by atomic mass is 16.5. The van der Waals surface area contributed by atoms with E-state index < -0.39 is 0 Å². The van der Waals surface area contributed by atoms with E-state index in [1.807, 2.05) is 0 Å². The van der Waals surface area contributed by atoms with E-state index >= 15 is 0 Å². The highest BCUT2D eigenvalue weighted by Gasteiger charge is 2.09. The molecule has 0 spiro atoms. The lowest BCUT2D eigenvalue weighted by Crippen LogP contribution is -1.97. The van der Waals surface area contributed by atoms with Crippen LogP contribution in [-0.2, 0) is 18.0 Å². The van der Waals surface area contributed by atoms with Gasteiger partial charge in [0.25, 0.3) is 0 Å². The maximum absolute atomic E-state index is 10.0. The number of aromatic hydroxyl groups is 1. The lowest BCUT2D eigenvalue weighted by atomic mass is 9.97. The molecule has 0 bridgehead atoms. The fourth-order valence-corrected chi connectivity index (χ4v) is 3.33. The van der Waals surface area contributed by atoms with Crippen molar-refractivity contribution < 1.29 is 14.6 Å². The summed E-state index contributed by atoms with van der Waals surface area (Å²) >= 11 is 0. The van der Waals surface area contributed by atoms with Gasteiger partial charge in [-0.2, -0.15) is 0 Å². The summed E-state index contributed by atoms with van der Waals surface area (Å²) < 4.78 is 11.2. The second kappa shape index (κ2) is 7.06. The molecule has 4 rings (SSSR count). The molecule has 4 aromatic rings. The van der Waals surface area contributed by atoms with E-state index in [2.05, 4.69) is 54.6 Å². The van der Waals surface area contributed by atoms with E-state index in [0.29, 0.717) is 24.5 Å². The van der Waals surface area contributed by atoms with Gasteiger partial charge in [-0.05, 0) is 51.4 Å². The number of rotatable bonds is 5. The van der Waals surface area contributed by atoms with E-state index in [1.54, 1.807) is 25.3 Å². The zero-order chi connectivity index (χ0) is 17.9. The number of fused-ring (bicyclic) bond motifs is 2. The highest BCUT2D eigenvalue weighted by molar-refractivity contribution is 6.02. The molecule has 0 saturated carbocycles. The Morgan fingerprint density at radius 1 is 0.769 bits per heavy atom. The van der Waals surface area contributed by atoms with Gasteiger partial charge < -0.3 is 14.6 Å². The van der Waals surface area contributed by atoms with Crippen LogP contribution >= 0.6 is 0 Å².